The highest BCUT2D eigenvalue weighted by atomic mass is 32.2. The normalized spacial score (nSPS) is 15.9. The Kier molecular flexibility index (Phi) is 3.90. The molecular formula is C14H16N4O4S. The highest BCUT2D eigenvalue weighted by Gasteiger charge is 2.22. The van der Waals surface area contributed by atoms with E-state index in [1.54, 1.807) is 12.4 Å². The largest absolute Gasteiger partial charge is 0.270 e. The van der Waals surface area contributed by atoms with E-state index in [4.69, 9.17) is 5.14 Å². The number of nitrogens with two attached hydrogens (primary N) is 1. The van der Waals surface area contributed by atoms with Gasteiger partial charge in [-0.05, 0) is 18.9 Å². The summed E-state index contributed by atoms with van der Waals surface area (Å²) >= 11 is 0. The summed E-state index contributed by atoms with van der Waals surface area (Å²) in [4.78, 5) is 9.94. The van der Waals surface area contributed by atoms with E-state index in [0.717, 1.165) is 31.7 Å². The second kappa shape index (κ2) is 5.74. The van der Waals surface area contributed by atoms with Gasteiger partial charge in [-0.15, -0.1) is 0 Å². The van der Waals surface area contributed by atoms with Crippen molar-refractivity contribution in [3.05, 3.63) is 40.7 Å². The Bertz CT molecular complexity index is 853. The molecule has 0 unspecified atom stereocenters. The molecular weight excluding hydrogens is 320 g/mol. The van der Waals surface area contributed by atoms with Crippen LogP contribution in [0.2, 0.25) is 0 Å². The molecule has 0 amide bonds. The Balaban J connectivity index is 2.07. The number of non-ortho nitro benzene ring substituents is 1. The fraction of sp³-hybridized carbons (Fsp3) is 0.357. The predicted octanol–water partition coefficient (Wildman–Crippen LogP) is 2.22. The first-order chi connectivity index (χ1) is 10.9. The van der Waals surface area contributed by atoms with Crippen molar-refractivity contribution in [2.24, 2.45) is 5.14 Å². The third kappa shape index (κ3) is 3.10. The van der Waals surface area contributed by atoms with Crippen LogP contribution in [0, 0.1) is 10.1 Å². The van der Waals surface area contributed by atoms with E-state index in [2.05, 4.69) is 5.10 Å². The third-order valence-corrected chi connectivity index (χ3v) is 5.04. The summed E-state index contributed by atoms with van der Waals surface area (Å²) in [5.41, 5.74) is 0.583. The van der Waals surface area contributed by atoms with Crippen LogP contribution >= 0.6 is 0 Å². The standard InChI is InChI=1S/C14H16N4O4S/c15-23(21,22)14-7-12(18(19)20)5-6-13(14)10-8-16-17(9-10)11-3-1-2-4-11/h5-9,11H,1-4H2,(H2,15,21,22). The van der Waals surface area contributed by atoms with Gasteiger partial charge in [0.15, 0.2) is 0 Å². The predicted molar refractivity (Wildman–Crippen MR) is 83.2 cm³/mol. The lowest BCUT2D eigenvalue weighted by Crippen LogP contribution is -2.13. The van der Waals surface area contributed by atoms with Gasteiger partial charge < -0.3 is 0 Å². The molecule has 2 aromatic rings. The lowest BCUT2D eigenvalue weighted by atomic mass is 10.1. The Morgan fingerprint density at radius 2 is 2.00 bits per heavy atom. The van der Waals surface area contributed by atoms with Crippen molar-refractivity contribution in [1.29, 1.82) is 0 Å². The van der Waals surface area contributed by atoms with Crippen LogP contribution in [-0.4, -0.2) is 23.1 Å². The van der Waals surface area contributed by atoms with E-state index in [0.29, 0.717) is 17.2 Å². The van der Waals surface area contributed by atoms with Gasteiger partial charge in [0.25, 0.3) is 5.69 Å². The molecule has 1 heterocycles. The minimum absolute atomic E-state index is 0.266. The van der Waals surface area contributed by atoms with Crippen LogP contribution in [0.15, 0.2) is 35.5 Å². The number of rotatable bonds is 4. The van der Waals surface area contributed by atoms with Crippen molar-refractivity contribution >= 4 is 15.7 Å². The van der Waals surface area contributed by atoms with Crippen LogP contribution < -0.4 is 5.14 Å². The number of benzene rings is 1. The summed E-state index contributed by atoms with van der Waals surface area (Å²) in [6, 6.07) is 3.96. The molecule has 1 aliphatic rings. The Hall–Kier alpha value is -2.26. The molecule has 0 spiro atoms. The maximum Gasteiger partial charge on any atom is 0.270 e. The first kappa shape index (κ1) is 15.6. The van der Waals surface area contributed by atoms with Gasteiger partial charge >= 0.3 is 0 Å². The number of nitro benzene ring substituents is 1. The number of nitro groups is 1. The lowest BCUT2D eigenvalue weighted by Gasteiger charge is -2.09. The van der Waals surface area contributed by atoms with Gasteiger partial charge in [-0.25, -0.2) is 13.6 Å². The number of hydrogen-bond donors (Lipinski definition) is 1. The molecule has 0 atom stereocenters. The average Bonchev–Trinajstić information content (AvgIpc) is 3.16. The zero-order valence-electron chi connectivity index (χ0n) is 12.3. The van der Waals surface area contributed by atoms with E-state index < -0.39 is 14.9 Å². The summed E-state index contributed by atoms with van der Waals surface area (Å²) in [5, 5.41) is 20.4. The number of hydrogen-bond acceptors (Lipinski definition) is 5. The summed E-state index contributed by atoms with van der Waals surface area (Å²) in [6.45, 7) is 0. The maximum atomic E-state index is 11.8. The van der Waals surface area contributed by atoms with Gasteiger partial charge in [0.2, 0.25) is 10.0 Å². The van der Waals surface area contributed by atoms with Crippen LogP contribution in [-0.2, 0) is 10.0 Å². The number of nitrogens with zero attached hydrogens (tertiary/aromatic N) is 3. The van der Waals surface area contributed by atoms with Gasteiger partial charge in [-0.1, -0.05) is 12.8 Å². The minimum Gasteiger partial charge on any atom is -0.269 e. The molecule has 0 bridgehead atoms. The molecule has 0 saturated heterocycles. The van der Waals surface area contributed by atoms with Gasteiger partial charge in [0.1, 0.15) is 0 Å². The zero-order valence-corrected chi connectivity index (χ0v) is 13.1. The van der Waals surface area contributed by atoms with Crippen LogP contribution in [0.1, 0.15) is 31.7 Å². The van der Waals surface area contributed by atoms with Crippen molar-refractivity contribution in [3.63, 3.8) is 0 Å². The second-order valence-corrected chi connectivity index (χ2v) is 7.16. The van der Waals surface area contributed by atoms with Gasteiger partial charge in [0.05, 0.1) is 22.1 Å². The molecule has 122 valence electrons. The zero-order chi connectivity index (χ0) is 16.6. The van der Waals surface area contributed by atoms with Crippen LogP contribution in [0.3, 0.4) is 0 Å². The van der Waals surface area contributed by atoms with Crippen molar-refractivity contribution in [1.82, 2.24) is 9.78 Å². The molecule has 0 aliphatic heterocycles. The van der Waals surface area contributed by atoms with Crippen LogP contribution in [0.25, 0.3) is 11.1 Å². The maximum absolute atomic E-state index is 11.8. The Morgan fingerprint density at radius 1 is 1.30 bits per heavy atom. The second-order valence-electron chi connectivity index (χ2n) is 5.63. The fourth-order valence-corrected chi connectivity index (χ4v) is 3.72. The SMILES string of the molecule is NS(=O)(=O)c1cc([N+](=O)[O-])ccc1-c1cnn(C2CCCC2)c1. The molecule has 3 rings (SSSR count). The molecule has 1 fully saturated rings. The topological polar surface area (TPSA) is 121 Å². The first-order valence-electron chi connectivity index (χ1n) is 7.22. The lowest BCUT2D eigenvalue weighted by molar-refractivity contribution is -0.385. The molecule has 1 aromatic heterocycles. The Morgan fingerprint density at radius 3 is 2.61 bits per heavy atom. The summed E-state index contributed by atoms with van der Waals surface area (Å²) in [7, 11) is -4.09. The molecule has 1 saturated carbocycles. The molecule has 2 N–H and O–H groups in total. The van der Waals surface area contributed by atoms with Crippen molar-refractivity contribution in [2.45, 2.75) is 36.6 Å². The van der Waals surface area contributed by atoms with Gasteiger partial charge in [-0.2, -0.15) is 5.10 Å². The summed E-state index contributed by atoms with van der Waals surface area (Å²) in [6.07, 6.45) is 7.73. The fourth-order valence-electron chi connectivity index (χ4n) is 2.94. The third-order valence-electron chi connectivity index (χ3n) is 4.09. The quantitative estimate of drug-likeness (QED) is 0.677. The molecule has 9 heteroatoms. The van der Waals surface area contributed by atoms with Crippen molar-refractivity contribution in [3.8, 4) is 11.1 Å². The van der Waals surface area contributed by atoms with E-state index in [1.165, 1.54) is 12.1 Å². The van der Waals surface area contributed by atoms with Crippen LogP contribution in [0.5, 0.6) is 0 Å². The van der Waals surface area contributed by atoms with E-state index in [1.807, 2.05) is 4.68 Å². The van der Waals surface area contributed by atoms with E-state index in [-0.39, 0.29) is 10.6 Å². The highest BCUT2D eigenvalue weighted by Crippen LogP contribution is 2.33. The van der Waals surface area contributed by atoms with E-state index >= 15 is 0 Å². The molecule has 1 aliphatic carbocycles. The highest BCUT2D eigenvalue weighted by molar-refractivity contribution is 7.89. The van der Waals surface area contributed by atoms with Crippen LogP contribution in [0.4, 0.5) is 5.69 Å². The van der Waals surface area contributed by atoms with Crippen molar-refractivity contribution < 1.29 is 13.3 Å². The van der Waals surface area contributed by atoms with Gasteiger partial charge in [0, 0.05) is 29.5 Å². The number of primary sulfonamides is 1. The average molecular weight is 336 g/mol. The molecule has 0 radical (unpaired) electrons. The smallest absolute Gasteiger partial charge is 0.269 e. The van der Waals surface area contributed by atoms with Gasteiger partial charge in [-0.3, -0.25) is 14.8 Å². The minimum atomic E-state index is -4.09. The number of aromatic nitrogens is 2. The molecule has 1 aromatic carbocycles. The number of sulfonamides is 1. The summed E-state index contributed by atoms with van der Waals surface area (Å²) in [5.74, 6) is 0. The summed E-state index contributed by atoms with van der Waals surface area (Å²) < 4.78 is 25.4. The molecule has 23 heavy (non-hydrogen) atoms. The van der Waals surface area contributed by atoms with Crippen molar-refractivity contribution in [2.75, 3.05) is 0 Å². The first-order valence-corrected chi connectivity index (χ1v) is 8.76. The molecule has 8 nitrogen and oxygen atoms in total. The van der Waals surface area contributed by atoms with E-state index in [9.17, 15) is 18.5 Å². The monoisotopic (exact) mass is 336 g/mol. The Labute approximate surface area is 133 Å².